The number of carbonyl (C=O) groups excluding carboxylic acids is 1. The van der Waals surface area contributed by atoms with Crippen molar-refractivity contribution in [3.63, 3.8) is 0 Å². The standard InChI is InChI=1S/C17H23NO4/c1-3-20-16(19)12(2)18-13-7-8-14-15(11-13)22-17(21-14)9-5-4-6-10-17/h7-8,11-12,18H,3-6,9-10H2,1-2H3. The van der Waals surface area contributed by atoms with Gasteiger partial charge in [-0.15, -0.1) is 0 Å². The first-order valence-electron chi connectivity index (χ1n) is 8.07. The summed E-state index contributed by atoms with van der Waals surface area (Å²) in [5, 5.41) is 3.14. The van der Waals surface area contributed by atoms with E-state index in [9.17, 15) is 4.79 Å². The van der Waals surface area contributed by atoms with Gasteiger partial charge in [-0.05, 0) is 38.8 Å². The van der Waals surface area contributed by atoms with Crippen molar-refractivity contribution >= 4 is 11.7 Å². The number of rotatable bonds is 4. The number of hydrogen-bond acceptors (Lipinski definition) is 5. The fraction of sp³-hybridized carbons (Fsp3) is 0.588. The average molecular weight is 305 g/mol. The van der Waals surface area contributed by atoms with Gasteiger partial charge in [-0.25, -0.2) is 4.79 Å². The third-order valence-corrected chi connectivity index (χ3v) is 4.17. The fourth-order valence-corrected chi connectivity index (χ4v) is 3.05. The van der Waals surface area contributed by atoms with Crippen LogP contribution in [0, 0.1) is 0 Å². The number of carbonyl (C=O) groups is 1. The fourth-order valence-electron chi connectivity index (χ4n) is 3.05. The van der Waals surface area contributed by atoms with E-state index in [4.69, 9.17) is 14.2 Å². The van der Waals surface area contributed by atoms with Crippen LogP contribution in [0.1, 0.15) is 46.0 Å². The minimum absolute atomic E-state index is 0.260. The maximum atomic E-state index is 11.7. The Morgan fingerprint density at radius 1 is 1.27 bits per heavy atom. The molecule has 0 bridgehead atoms. The van der Waals surface area contributed by atoms with E-state index >= 15 is 0 Å². The van der Waals surface area contributed by atoms with Gasteiger partial charge in [-0.3, -0.25) is 0 Å². The van der Waals surface area contributed by atoms with Crippen LogP contribution < -0.4 is 14.8 Å². The van der Waals surface area contributed by atoms with Crippen molar-refractivity contribution in [2.24, 2.45) is 0 Å². The molecule has 1 aliphatic heterocycles. The van der Waals surface area contributed by atoms with Crippen LogP contribution in [0.3, 0.4) is 0 Å². The lowest BCUT2D eigenvalue weighted by Crippen LogP contribution is -2.40. The second-order valence-corrected chi connectivity index (χ2v) is 5.96. The van der Waals surface area contributed by atoms with Gasteiger partial charge in [0.15, 0.2) is 11.5 Å². The lowest BCUT2D eigenvalue weighted by Gasteiger charge is -2.31. The number of hydrogen-bond donors (Lipinski definition) is 1. The maximum Gasteiger partial charge on any atom is 0.328 e. The highest BCUT2D eigenvalue weighted by Gasteiger charge is 2.42. The molecule has 1 fully saturated rings. The molecule has 1 spiro atoms. The Labute approximate surface area is 130 Å². The largest absolute Gasteiger partial charge is 0.464 e. The molecule has 5 heteroatoms. The van der Waals surface area contributed by atoms with Crippen LogP contribution >= 0.6 is 0 Å². The van der Waals surface area contributed by atoms with E-state index in [2.05, 4.69) is 5.32 Å². The molecule has 0 aromatic heterocycles. The summed E-state index contributed by atoms with van der Waals surface area (Å²) < 4.78 is 17.1. The molecule has 1 heterocycles. The van der Waals surface area contributed by atoms with Crippen molar-refractivity contribution in [2.45, 2.75) is 57.8 Å². The highest BCUT2D eigenvalue weighted by molar-refractivity contribution is 5.79. The first-order valence-corrected chi connectivity index (χ1v) is 8.07. The highest BCUT2D eigenvalue weighted by atomic mass is 16.7. The Hall–Kier alpha value is -1.91. The maximum absolute atomic E-state index is 11.7. The number of anilines is 1. The molecule has 3 rings (SSSR count). The smallest absolute Gasteiger partial charge is 0.328 e. The van der Waals surface area contributed by atoms with Crippen molar-refractivity contribution in [1.29, 1.82) is 0 Å². The molecule has 1 aromatic rings. The topological polar surface area (TPSA) is 56.8 Å². The third-order valence-electron chi connectivity index (χ3n) is 4.17. The summed E-state index contributed by atoms with van der Waals surface area (Å²) in [6.45, 7) is 3.97. The molecule has 0 saturated heterocycles. The Morgan fingerprint density at radius 2 is 2.00 bits per heavy atom. The summed E-state index contributed by atoms with van der Waals surface area (Å²) in [6.07, 6.45) is 5.39. The first-order chi connectivity index (χ1) is 10.6. The van der Waals surface area contributed by atoms with Crippen molar-refractivity contribution in [3.8, 4) is 11.5 Å². The zero-order valence-electron chi connectivity index (χ0n) is 13.2. The summed E-state index contributed by atoms with van der Waals surface area (Å²) in [5.41, 5.74) is 0.829. The predicted molar refractivity (Wildman–Crippen MR) is 83.2 cm³/mol. The number of benzene rings is 1. The van der Waals surface area contributed by atoms with E-state index in [0.717, 1.165) is 42.9 Å². The number of esters is 1. The van der Waals surface area contributed by atoms with Crippen LogP contribution in [0.15, 0.2) is 18.2 Å². The van der Waals surface area contributed by atoms with E-state index in [1.165, 1.54) is 6.42 Å². The van der Waals surface area contributed by atoms with Crippen molar-refractivity contribution in [3.05, 3.63) is 18.2 Å². The predicted octanol–water partition coefficient (Wildman–Crippen LogP) is 3.48. The Kier molecular flexibility index (Phi) is 4.14. The average Bonchev–Trinajstić information content (AvgIpc) is 2.84. The van der Waals surface area contributed by atoms with Gasteiger partial charge in [-0.2, -0.15) is 0 Å². The van der Waals surface area contributed by atoms with Crippen LogP contribution in [0.25, 0.3) is 0 Å². The number of nitrogens with one attached hydrogen (secondary N) is 1. The van der Waals surface area contributed by atoms with Crippen molar-refractivity contribution in [1.82, 2.24) is 0 Å². The molecule has 5 nitrogen and oxygen atoms in total. The normalized spacial score (nSPS) is 19.7. The molecule has 1 atom stereocenters. The summed E-state index contributed by atoms with van der Waals surface area (Å²) in [7, 11) is 0. The number of ether oxygens (including phenoxy) is 3. The minimum atomic E-state index is -0.466. The van der Waals surface area contributed by atoms with E-state index in [0.29, 0.717) is 6.61 Å². The molecule has 22 heavy (non-hydrogen) atoms. The molecular weight excluding hydrogens is 282 g/mol. The van der Waals surface area contributed by atoms with Gasteiger partial charge in [0, 0.05) is 24.6 Å². The zero-order valence-corrected chi connectivity index (χ0v) is 13.2. The van der Waals surface area contributed by atoms with E-state index in [1.54, 1.807) is 13.8 Å². The summed E-state index contributed by atoms with van der Waals surface area (Å²) >= 11 is 0. The first kappa shape index (κ1) is 15.0. The third kappa shape index (κ3) is 2.98. The molecule has 1 unspecified atom stereocenters. The van der Waals surface area contributed by atoms with E-state index < -0.39 is 11.8 Å². The quantitative estimate of drug-likeness (QED) is 0.863. The number of fused-ring (bicyclic) bond motifs is 1. The highest BCUT2D eigenvalue weighted by Crippen LogP contribution is 2.46. The lowest BCUT2D eigenvalue weighted by molar-refractivity contribution is -0.143. The van der Waals surface area contributed by atoms with Gasteiger partial charge in [0.05, 0.1) is 6.61 Å². The molecule has 1 aliphatic carbocycles. The molecule has 1 aromatic carbocycles. The van der Waals surface area contributed by atoms with Gasteiger partial charge in [-0.1, -0.05) is 6.42 Å². The van der Waals surface area contributed by atoms with E-state index in [-0.39, 0.29) is 5.97 Å². The molecule has 120 valence electrons. The van der Waals surface area contributed by atoms with Crippen LogP contribution in [0.2, 0.25) is 0 Å². The molecule has 1 N–H and O–H groups in total. The summed E-state index contributed by atoms with van der Waals surface area (Å²) in [5.74, 6) is 0.814. The lowest BCUT2D eigenvalue weighted by atomic mass is 9.94. The van der Waals surface area contributed by atoms with Crippen LogP contribution in [0.4, 0.5) is 5.69 Å². The summed E-state index contributed by atoms with van der Waals surface area (Å²) in [4.78, 5) is 11.7. The van der Waals surface area contributed by atoms with Crippen LogP contribution in [0.5, 0.6) is 11.5 Å². The Bertz CT molecular complexity index is 552. The van der Waals surface area contributed by atoms with Crippen molar-refractivity contribution < 1.29 is 19.0 Å². The zero-order chi connectivity index (χ0) is 15.6. The second kappa shape index (κ2) is 6.07. The monoisotopic (exact) mass is 305 g/mol. The van der Waals surface area contributed by atoms with Gasteiger partial charge >= 0.3 is 5.97 Å². The molecular formula is C17H23NO4. The van der Waals surface area contributed by atoms with E-state index in [1.807, 2.05) is 18.2 Å². The summed E-state index contributed by atoms with van der Waals surface area (Å²) in [6, 6.07) is 5.30. The second-order valence-electron chi connectivity index (χ2n) is 5.96. The van der Waals surface area contributed by atoms with Crippen LogP contribution in [-0.2, 0) is 9.53 Å². The van der Waals surface area contributed by atoms with Gasteiger partial charge in [0.25, 0.3) is 5.79 Å². The van der Waals surface area contributed by atoms with Gasteiger partial charge in [0.1, 0.15) is 6.04 Å². The molecule has 0 radical (unpaired) electrons. The van der Waals surface area contributed by atoms with Crippen LogP contribution in [-0.4, -0.2) is 24.4 Å². The Balaban J connectivity index is 1.68. The molecule has 2 aliphatic rings. The molecule has 0 amide bonds. The SMILES string of the molecule is CCOC(=O)C(C)Nc1ccc2c(c1)OC1(CCCCC1)O2. The minimum Gasteiger partial charge on any atom is -0.464 e. The Morgan fingerprint density at radius 3 is 2.73 bits per heavy atom. The molecule has 1 saturated carbocycles. The van der Waals surface area contributed by atoms with Gasteiger partial charge in [0.2, 0.25) is 0 Å². The van der Waals surface area contributed by atoms with Crippen molar-refractivity contribution in [2.75, 3.05) is 11.9 Å². The van der Waals surface area contributed by atoms with Gasteiger partial charge < -0.3 is 19.5 Å².